The molecule has 0 spiro atoms. The minimum atomic E-state index is -0.493. The number of nitro groups is 1. The fourth-order valence-corrected chi connectivity index (χ4v) is 2.80. The van der Waals surface area contributed by atoms with Crippen LogP contribution in [0.15, 0.2) is 54.9 Å². The molecule has 0 fully saturated rings. The SMILES string of the molecule is CCCCOc1ccc(Nc2ncnc(Nc3ccc(CC)cc3)c2[N+](=O)[O-])cc1. The molecule has 0 bridgehead atoms. The smallest absolute Gasteiger partial charge is 0.353 e. The molecule has 30 heavy (non-hydrogen) atoms. The predicted molar refractivity (Wildman–Crippen MR) is 118 cm³/mol. The van der Waals surface area contributed by atoms with Gasteiger partial charge < -0.3 is 15.4 Å². The number of benzene rings is 2. The van der Waals surface area contributed by atoms with E-state index in [0.717, 1.165) is 25.0 Å². The average molecular weight is 407 g/mol. The highest BCUT2D eigenvalue weighted by Crippen LogP contribution is 2.33. The van der Waals surface area contributed by atoms with Gasteiger partial charge >= 0.3 is 5.69 Å². The first-order valence-electron chi connectivity index (χ1n) is 9.96. The zero-order valence-corrected chi connectivity index (χ0v) is 17.1. The molecule has 3 aromatic rings. The van der Waals surface area contributed by atoms with Crippen molar-refractivity contribution in [3.63, 3.8) is 0 Å². The molecule has 2 N–H and O–H groups in total. The minimum absolute atomic E-state index is 0.113. The molecule has 0 radical (unpaired) electrons. The van der Waals surface area contributed by atoms with Crippen LogP contribution in [-0.2, 0) is 6.42 Å². The van der Waals surface area contributed by atoms with Crippen LogP contribution in [0.3, 0.4) is 0 Å². The first kappa shape index (κ1) is 21.0. The lowest BCUT2D eigenvalue weighted by atomic mass is 10.1. The number of rotatable bonds is 10. The summed E-state index contributed by atoms with van der Waals surface area (Å²) < 4.78 is 5.64. The molecule has 8 nitrogen and oxygen atoms in total. The van der Waals surface area contributed by atoms with Crippen molar-refractivity contribution < 1.29 is 9.66 Å². The summed E-state index contributed by atoms with van der Waals surface area (Å²) in [6.07, 6.45) is 4.27. The van der Waals surface area contributed by atoms with E-state index in [1.54, 1.807) is 12.1 Å². The average Bonchev–Trinajstić information content (AvgIpc) is 2.75. The zero-order chi connectivity index (χ0) is 21.3. The van der Waals surface area contributed by atoms with E-state index in [1.807, 2.05) is 36.4 Å². The Kier molecular flexibility index (Phi) is 7.15. The van der Waals surface area contributed by atoms with Gasteiger partial charge in [-0.1, -0.05) is 32.4 Å². The lowest BCUT2D eigenvalue weighted by molar-refractivity contribution is -0.383. The first-order chi connectivity index (χ1) is 14.6. The number of unbranched alkanes of at least 4 members (excludes halogenated alkanes) is 1. The Morgan fingerprint density at radius 2 is 1.50 bits per heavy atom. The largest absolute Gasteiger partial charge is 0.494 e. The highest BCUT2D eigenvalue weighted by molar-refractivity contribution is 5.76. The van der Waals surface area contributed by atoms with Crippen LogP contribution in [-0.4, -0.2) is 21.5 Å². The van der Waals surface area contributed by atoms with Crippen molar-refractivity contribution >= 4 is 28.7 Å². The van der Waals surface area contributed by atoms with Gasteiger partial charge in [-0.2, -0.15) is 0 Å². The number of anilines is 4. The summed E-state index contributed by atoms with van der Waals surface area (Å²) in [4.78, 5) is 19.4. The molecule has 0 unspecified atom stereocenters. The van der Waals surface area contributed by atoms with Gasteiger partial charge in [0, 0.05) is 11.4 Å². The third-order valence-electron chi connectivity index (χ3n) is 4.51. The van der Waals surface area contributed by atoms with Crippen molar-refractivity contribution in [1.82, 2.24) is 9.97 Å². The van der Waals surface area contributed by atoms with Gasteiger partial charge in [-0.05, 0) is 54.8 Å². The Hall–Kier alpha value is -3.68. The van der Waals surface area contributed by atoms with Gasteiger partial charge in [0.2, 0.25) is 11.6 Å². The van der Waals surface area contributed by atoms with Gasteiger partial charge in [0.1, 0.15) is 12.1 Å². The van der Waals surface area contributed by atoms with Crippen molar-refractivity contribution in [3.05, 3.63) is 70.5 Å². The summed E-state index contributed by atoms with van der Waals surface area (Å²) in [6, 6.07) is 14.9. The molecule has 156 valence electrons. The Morgan fingerprint density at radius 1 is 0.933 bits per heavy atom. The monoisotopic (exact) mass is 407 g/mol. The highest BCUT2D eigenvalue weighted by atomic mass is 16.6. The summed E-state index contributed by atoms with van der Waals surface area (Å²) in [5.41, 5.74) is 2.34. The van der Waals surface area contributed by atoms with Gasteiger partial charge in [-0.25, -0.2) is 9.97 Å². The third-order valence-corrected chi connectivity index (χ3v) is 4.51. The topological polar surface area (TPSA) is 102 Å². The third kappa shape index (κ3) is 5.44. The number of aromatic nitrogens is 2. The summed E-state index contributed by atoms with van der Waals surface area (Å²) in [7, 11) is 0. The van der Waals surface area contributed by atoms with Crippen molar-refractivity contribution in [3.8, 4) is 5.75 Å². The van der Waals surface area contributed by atoms with Crippen LogP contribution in [0, 0.1) is 10.1 Å². The molecule has 2 aromatic carbocycles. The highest BCUT2D eigenvalue weighted by Gasteiger charge is 2.23. The lowest BCUT2D eigenvalue weighted by Gasteiger charge is -2.11. The summed E-state index contributed by atoms with van der Waals surface area (Å²) >= 11 is 0. The Morgan fingerprint density at radius 3 is 2.00 bits per heavy atom. The maximum atomic E-state index is 11.7. The van der Waals surface area contributed by atoms with Gasteiger partial charge in [0.15, 0.2) is 0 Å². The molecule has 0 amide bonds. The molecule has 0 aliphatic rings. The molecule has 0 saturated carbocycles. The van der Waals surface area contributed by atoms with Crippen LogP contribution in [0.1, 0.15) is 32.3 Å². The van der Waals surface area contributed by atoms with Crippen molar-refractivity contribution in [2.24, 2.45) is 0 Å². The molecule has 0 atom stereocenters. The maximum Gasteiger partial charge on any atom is 0.353 e. The van der Waals surface area contributed by atoms with E-state index in [0.29, 0.717) is 18.0 Å². The number of aryl methyl sites for hydroxylation is 1. The first-order valence-corrected chi connectivity index (χ1v) is 9.96. The minimum Gasteiger partial charge on any atom is -0.494 e. The van der Waals surface area contributed by atoms with Crippen molar-refractivity contribution in [1.29, 1.82) is 0 Å². The van der Waals surface area contributed by atoms with Crippen LogP contribution in [0.5, 0.6) is 5.75 Å². The van der Waals surface area contributed by atoms with E-state index in [9.17, 15) is 10.1 Å². The number of hydrogen-bond acceptors (Lipinski definition) is 7. The number of hydrogen-bond donors (Lipinski definition) is 2. The van der Waals surface area contributed by atoms with Crippen LogP contribution in [0.4, 0.5) is 28.7 Å². The molecule has 1 aromatic heterocycles. The second-order valence-corrected chi connectivity index (χ2v) is 6.70. The Labute approximate surface area is 175 Å². The molecule has 1 heterocycles. The van der Waals surface area contributed by atoms with E-state index in [1.165, 1.54) is 11.9 Å². The van der Waals surface area contributed by atoms with E-state index in [4.69, 9.17) is 4.74 Å². The van der Waals surface area contributed by atoms with E-state index in [-0.39, 0.29) is 17.3 Å². The molecule has 0 aliphatic heterocycles. The van der Waals surface area contributed by atoms with Crippen molar-refractivity contribution in [2.75, 3.05) is 17.2 Å². The van der Waals surface area contributed by atoms with E-state index in [2.05, 4.69) is 34.4 Å². The van der Waals surface area contributed by atoms with Crippen LogP contribution >= 0.6 is 0 Å². The van der Waals surface area contributed by atoms with Crippen LogP contribution in [0.2, 0.25) is 0 Å². The summed E-state index contributed by atoms with van der Waals surface area (Å²) in [5.74, 6) is 0.993. The van der Waals surface area contributed by atoms with Crippen LogP contribution < -0.4 is 15.4 Å². The quantitative estimate of drug-likeness (QED) is 0.256. The predicted octanol–water partition coefficient (Wildman–Crippen LogP) is 5.61. The lowest BCUT2D eigenvalue weighted by Crippen LogP contribution is -2.05. The van der Waals surface area contributed by atoms with Gasteiger partial charge in [-0.15, -0.1) is 0 Å². The standard InChI is InChI=1S/C22H25N5O3/c1-3-5-14-30-19-12-10-18(11-13-19)26-22-20(27(28)29)21(23-15-24-22)25-17-8-6-16(4-2)7-9-17/h6-13,15H,3-5,14H2,1-2H3,(H2,23,24,25,26). The number of nitrogens with zero attached hydrogens (tertiary/aromatic N) is 3. The fourth-order valence-electron chi connectivity index (χ4n) is 2.80. The Bertz CT molecular complexity index is 975. The number of ether oxygens (including phenoxy) is 1. The molecular formula is C22H25N5O3. The molecule has 3 rings (SSSR count). The number of nitrogens with one attached hydrogen (secondary N) is 2. The van der Waals surface area contributed by atoms with Gasteiger partial charge in [-0.3, -0.25) is 10.1 Å². The molecule has 0 aliphatic carbocycles. The summed E-state index contributed by atoms with van der Waals surface area (Å²) in [5, 5.41) is 17.8. The molecular weight excluding hydrogens is 382 g/mol. The zero-order valence-electron chi connectivity index (χ0n) is 17.1. The van der Waals surface area contributed by atoms with Crippen LogP contribution in [0.25, 0.3) is 0 Å². The molecule has 8 heteroatoms. The van der Waals surface area contributed by atoms with Crippen molar-refractivity contribution in [2.45, 2.75) is 33.1 Å². The fraction of sp³-hybridized carbons (Fsp3) is 0.273. The maximum absolute atomic E-state index is 11.7. The second-order valence-electron chi connectivity index (χ2n) is 6.70. The van der Waals surface area contributed by atoms with E-state index < -0.39 is 4.92 Å². The van der Waals surface area contributed by atoms with Gasteiger partial charge in [0.25, 0.3) is 0 Å². The second kappa shape index (κ2) is 10.2. The molecule has 0 saturated heterocycles. The van der Waals surface area contributed by atoms with E-state index >= 15 is 0 Å². The van der Waals surface area contributed by atoms with Gasteiger partial charge in [0.05, 0.1) is 11.5 Å². The normalized spacial score (nSPS) is 10.5. The summed E-state index contributed by atoms with van der Waals surface area (Å²) in [6.45, 7) is 4.84. The Balaban J connectivity index is 1.79.